The molecule has 1 rings (SSSR count). The lowest BCUT2D eigenvalue weighted by atomic mass is 10.1. The Morgan fingerprint density at radius 1 is 1.47 bits per heavy atom. The predicted molar refractivity (Wildman–Crippen MR) is 64.5 cm³/mol. The minimum absolute atomic E-state index is 0.0441. The summed E-state index contributed by atoms with van der Waals surface area (Å²) in [5.74, 6) is 0. The zero-order chi connectivity index (χ0) is 11.6. The summed E-state index contributed by atoms with van der Waals surface area (Å²) in [6, 6.07) is 4.82. The second-order valence-corrected chi connectivity index (χ2v) is 6.50. The smallest absolute Gasteiger partial charge is 0.207 e. The Bertz CT molecular complexity index is 536. The number of benzene rings is 1. The largest absolute Gasteiger partial charge is 0.262 e. The van der Waals surface area contributed by atoms with Crippen molar-refractivity contribution in [3.8, 4) is 6.07 Å². The van der Waals surface area contributed by atoms with Gasteiger partial charge in [0.1, 0.15) is 11.0 Å². The van der Waals surface area contributed by atoms with Crippen LogP contribution in [0.2, 0.25) is 0 Å². The van der Waals surface area contributed by atoms with Gasteiger partial charge in [0.15, 0.2) is 0 Å². The van der Waals surface area contributed by atoms with E-state index in [1.165, 1.54) is 6.07 Å². The Morgan fingerprint density at radius 3 is 2.47 bits per heavy atom. The Labute approximate surface area is 109 Å². The molecule has 3 nitrogen and oxygen atoms in total. The molecule has 0 bridgehead atoms. The van der Waals surface area contributed by atoms with E-state index in [1.807, 2.05) is 0 Å². The van der Waals surface area contributed by atoms with E-state index in [0.717, 1.165) is 0 Å². The number of hydrogen-bond donors (Lipinski definition) is 0. The topological polar surface area (TPSA) is 57.9 Å². The van der Waals surface area contributed by atoms with E-state index in [4.69, 9.17) is 15.9 Å². The van der Waals surface area contributed by atoms with Crippen molar-refractivity contribution in [1.82, 2.24) is 0 Å². The van der Waals surface area contributed by atoms with Gasteiger partial charge in [-0.15, -0.1) is 0 Å². The number of nitrogens with zero attached hydrogens (tertiary/aromatic N) is 1. The van der Waals surface area contributed by atoms with Crippen LogP contribution < -0.4 is 0 Å². The molecule has 1 aromatic rings. The first-order valence-electron chi connectivity index (χ1n) is 3.64. The molecule has 0 unspecified atom stereocenters. The third kappa shape index (κ3) is 2.72. The molecule has 0 saturated heterocycles. The van der Waals surface area contributed by atoms with Crippen LogP contribution >= 0.6 is 42.5 Å². The van der Waals surface area contributed by atoms with Gasteiger partial charge in [0.25, 0.3) is 9.05 Å². The predicted octanol–water partition coefficient (Wildman–Crippen LogP) is 3.14. The van der Waals surface area contributed by atoms with Gasteiger partial charge < -0.3 is 0 Å². The van der Waals surface area contributed by atoms with E-state index in [1.54, 1.807) is 12.1 Å². The molecule has 80 valence electrons. The third-order valence-electron chi connectivity index (χ3n) is 1.70. The molecule has 0 aliphatic heterocycles. The second kappa shape index (κ2) is 4.83. The molecular formula is C8H4Br2ClNO2S. The van der Waals surface area contributed by atoms with Crippen molar-refractivity contribution >= 4 is 51.6 Å². The van der Waals surface area contributed by atoms with Crippen LogP contribution in [-0.4, -0.2) is 8.42 Å². The van der Waals surface area contributed by atoms with Crippen molar-refractivity contribution in [2.75, 3.05) is 0 Å². The van der Waals surface area contributed by atoms with Gasteiger partial charge in [-0.1, -0.05) is 31.9 Å². The highest BCUT2D eigenvalue weighted by molar-refractivity contribution is 9.10. The van der Waals surface area contributed by atoms with Crippen LogP contribution in [0.3, 0.4) is 0 Å². The molecule has 7 heteroatoms. The van der Waals surface area contributed by atoms with Gasteiger partial charge in [0.2, 0.25) is 0 Å². The van der Waals surface area contributed by atoms with Gasteiger partial charge in [0.05, 0.1) is 5.56 Å². The zero-order valence-electron chi connectivity index (χ0n) is 7.17. The van der Waals surface area contributed by atoms with Crippen LogP contribution in [0.25, 0.3) is 0 Å². The van der Waals surface area contributed by atoms with E-state index in [9.17, 15) is 8.42 Å². The highest BCUT2D eigenvalue weighted by Gasteiger charge is 2.21. The lowest BCUT2D eigenvalue weighted by Crippen LogP contribution is -2.01. The third-order valence-corrected chi connectivity index (χ3v) is 4.42. The maximum Gasteiger partial charge on any atom is 0.262 e. The number of rotatable bonds is 2. The Kier molecular flexibility index (Phi) is 4.18. The van der Waals surface area contributed by atoms with E-state index >= 15 is 0 Å². The fourth-order valence-corrected chi connectivity index (χ4v) is 4.22. The fraction of sp³-hybridized carbons (Fsp3) is 0.125. The van der Waals surface area contributed by atoms with Crippen molar-refractivity contribution in [2.24, 2.45) is 0 Å². The number of alkyl halides is 1. The van der Waals surface area contributed by atoms with Gasteiger partial charge in [0, 0.05) is 20.5 Å². The normalized spacial score (nSPS) is 11.1. The van der Waals surface area contributed by atoms with Crippen molar-refractivity contribution in [1.29, 1.82) is 5.26 Å². The molecule has 0 N–H and O–H groups in total. The quantitative estimate of drug-likeness (QED) is 0.591. The molecule has 0 spiro atoms. The first-order valence-corrected chi connectivity index (χ1v) is 7.86. The SMILES string of the molecule is N#Cc1ccc(Br)c(CBr)c1S(=O)(=O)Cl. The minimum Gasteiger partial charge on any atom is -0.207 e. The Morgan fingerprint density at radius 2 is 2.07 bits per heavy atom. The summed E-state index contributed by atoms with van der Waals surface area (Å²) in [6.45, 7) is 0. The Hall–Kier alpha value is -0.0900. The lowest BCUT2D eigenvalue weighted by molar-refractivity contribution is 0.608. The summed E-state index contributed by atoms with van der Waals surface area (Å²) in [4.78, 5) is -0.141. The number of nitriles is 1. The summed E-state index contributed by atoms with van der Waals surface area (Å²) in [6.07, 6.45) is 0. The molecular weight excluding hydrogens is 369 g/mol. The summed E-state index contributed by atoms with van der Waals surface area (Å²) < 4.78 is 23.2. The average molecular weight is 373 g/mol. The summed E-state index contributed by atoms with van der Waals surface area (Å²) in [5.41, 5.74) is 0.492. The summed E-state index contributed by atoms with van der Waals surface area (Å²) in [7, 11) is 1.36. The van der Waals surface area contributed by atoms with Crippen LogP contribution in [0.15, 0.2) is 21.5 Å². The molecule has 15 heavy (non-hydrogen) atoms. The summed E-state index contributed by atoms with van der Waals surface area (Å²) in [5, 5.41) is 9.08. The van der Waals surface area contributed by atoms with E-state index in [-0.39, 0.29) is 10.5 Å². The van der Waals surface area contributed by atoms with Crippen molar-refractivity contribution in [3.63, 3.8) is 0 Å². The molecule has 0 radical (unpaired) electrons. The lowest BCUT2D eigenvalue weighted by Gasteiger charge is -2.07. The molecule has 0 aliphatic carbocycles. The Balaban J connectivity index is 3.73. The van der Waals surface area contributed by atoms with Crippen LogP contribution in [0, 0.1) is 11.3 Å². The highest BCUT2D eigenvalue weighted by Crippen LogP contribution is 2.31. The minimum atomic E-state index is -3.92. The van der Waals surface area contributed by atoms with Crippen molar-refractivity contribution in [2.45, 2.75) is 10.2 Å². The molecule has 1 aromatic carbocycles. The molecule has 0 fully saturated rings. The van der Waals surface area contributed by atoms with Gasteiger partial charge in [-0.2, -0.15) is 5.26 Å². The maximum absolute atomic E-state index is 11.3. The zero-order valence-corrected chi connectivity index (χ0v) is 11.9. The van der Waals surface area contributed by atoms with Gasteiger partial charge in [-0.05, 0) is 17.7 Å². The summed E-state index contributed by atoms with van der Waals surface area (Å²) >= 11 is 6.35. The molecule has 0 aliphatic rings. The monoisotopic (exact) mass is 371 g/mol. The van der Waals surface area contributed by atoms with Gasteiger partial charge >= 0.3 is 0 Å². The van der Waals surface area contributed by atoms with Crippen LogP contribution in [0.1, 0.15) is 11.1 Å². The average Bonchev–Trinajstić information content (AvgIpc) is 2.15. The molecule has 0 saturated carbocycles. The van der Waals surface area contributed by atoms with Gasteiger partial charge in [-0.3, -0.25) is 0 Å². The molecule has 0 atom stereocenters. The van der Waals surface area contributed by atoms with E-state index in [2.05, 4.69) is 31.9 Å². The first-order chi connectivity index (χ1) is 6.91. The van der Waals surface area contributed by atoms with Crippen LogP contribution in [0.4, 0.5) is 0 Å². The number of halogens is 3. The van der Waals surface area contributed by atoms with Crippen molar-refractivity contribution in [3.05, 3.63) is 27.7 Å². The van der Waals surface area contributed by atoms with E-state index < -0.39 is 9.05 Å². The molecule has 0 aromatic heterocycles. The fourth-order valence-electron chi connectivity index (χ4n) is 1.09. The number of hydrogen-bond acceptors (Lipinski definition) is 3. The van der Waals surface area contributed by atoms with Crippen molar-refractivity contribution < 1.29 is 8.42 Å². The second-order valence-electron chi connectivity index (χ2n) is 2.59. The van der Waals surface area contributed by atoms with Crippen LogP contribution in [-0.2, 0) is 14.4 Å². The van der Waals surface area contributed by atoms with E-state index in [0.29, 0.717) is 15.4 Å². The maximum atomic E-state index is 11.3. The highest BCUT2D eigenvalue weighted by atomic mass is 79.9. The molecule has 0 amide bonds. The first kappa shape index (κ1) is 13.0. The standard InChI is InChI=1S/C8H4Br2ClNO2S/c9-3-6-7(10)2-1-5(4-12)8(6)15(11,13)14/h1-2H,3H2. The molecule has 0 heterocycles. The van der Waals surface area contributed by atoms with Gasteiger partial charge in [-0.25, -0.2) is 8.42 Å². The van der Waals surface area contributed by atoms with Crippen LogP contribution in [0.5, 0.6) is 0 Å².